The third-order valence-electron chi connectivity index (χ3n) is 4.71. The van der Waals surface area contributed by atoms with Crippen molar-refractivity contribution in [1.82, 2.24) is 10.2 Å². The highest BCUT2D eigenvalue weighted by molar-refractivity contribution is 5.89. The Morgan fingerprint density at radius 1 is 1.32 bits per heavy atom. The maximum atomic E-state index is 13.1. The number of esters is 1. The zero-order valence-corrected chi connectivity index (χ0v) is 12.5. The van der Waals surface area contributed by atoms with Crippen molar-refractivity contribution in [3.05, 3.63) is 35.4 Å². The van der Waals surface area contributed by atoms with Crippen molar-refractivity contribution < 1.29 is 18.3 Å². The van der Waals surface area contributed by atoms with E-state index >= 15 is 0 Å². The Bertz CT molecular complexity index is 535. The van der Waals surface area contributed by atoms with Crippen molar-refractivity contribution >= 4 is 5.97 Å². The quantitative estimate of drug-likeness (QED) is 0.869. The molecule has 0 amide bonds. The Morgan fingerprint density at radius 2 is 2.05 bits per heavy atom. The first kappa shape index (κ1) is 15.4. The molecule has 0 aliphatic carbocycles. The Balaban J connectivity index is 1.72. The molecule has 1 N–H and O–H groups in total. The molecule has 2 heterocycles. The average Bonchev–Trinajstić information content (AvgIpc) is 2.97. The summed E-state index contributed by atoms with van der Waals surface area (Å²) in [6.45, 7) is 1.31. The van der Waals surface area contributed by atoms with E-state index in [9.17, 15) is 13.6 Å². The fourth-order valence-electron chi connectivity index (χ4n) is 3.49. The zero-order valence-electron chi connectivity index (χ0n) is 12.5. The van der Waals surface area contributed by atoms with Crippen LogP contribution >= 0.6 is 0 Å². The van der Waals surface area contributed by atoms with Crippen molar-refractivity contribution in [2.24, 2.45) is 0 Å². The van der Waals surface area contributed by atoms with E-state index in [0.29, 0.717) is 18.5 Å². The van der Waals surface area contributed by atoms with Gasteiger partial charge in [-0.3, -0.25) is 4.90 Å². The summed E-state index contributed by atoms with van der Waals surface area (Å²) in [6.07, 6.45) is -0.890. The molecule has 1 aromatic carbocycles. The van der Waals surface area contributed by atoms with Crippen LogP contribution in [0.15, 0.2) is 24.3 Å². The van der Waals surface area contributed by atoms with Crippen LogP contribution in [0.25, 0.3) is 0 Å². The van der Waals surface area contributed by atoms with Crippen LogP contribution < -0.4 is 5.32 Å². The summed E-state index contributed by atoms with van der Waals surface area (Å²) in [4.78, 5) is 13.4. The molecule has 22 heavy (non-hydrogen) atoms. The highest BCUT2D eigenvalue weighted by atomic mass is 19.3. The number of halogens is 2. The van der Waals surface area contributed by atoms with Gasteiger partial charge in [-0.25, -0.2) is 13.6 Å². The Kier molecular flexibility index (Phi) is 4.40. The van der Waals surface area contributed by atoms with E-state index in [4.69, 9.17) is 0 Å². The lowest BCUT2D eigenvalue weighted by Crippen LogP contribution is -2.53. The third-order valence-corrected chi connectivity index (χ3v) is 4.71. The summed E-state index contributed by atoms with van der Waals surface area (Å²) in [7, 11) is 1.34. The van der Waals surface area contributed by atoms with Crippen molar-refractivity contribution in [3.8, 4) is 0 Å². The van der Waals surface area contributed by atoms with Crippen LogP contribution in [-0.2, 0) is 4.74 Å². The van der Waals surface area contributed by atoms with Crippen LogP contribution in [0.4, 0.5) is 8.78 Å². The van der Waals surface area contributed by atoms with E-state index < -0.39 is 12.5 Å². The largest absolute Gasteiger partial charge is 0.465 e. The summed E-state index contributed by atoms with van der Waals surface area (Å²) in [6, 6.07) is 6.75. The zero-order chi connectivity index (χ0) is 15.7. The van der Waals surface area contributed by atoms with Gasteiger partial charge in [0.05, 0.1) is 18.7 Å². The lowest BCUT2D eigenvalue weighted by atomic mass is 10.0. The number of ether oxygens (including phenoxy) is 1. The summed E-state index contributed by atoms with van der Waals surface area (Å²) >= 11 is 0. The molecular weight excluding hydrogens is 290 g/mol. The monoisotopic (exact) mass is 310 g/mol. The van der Waals surface area contributed by atoms with Gasteiger partial charge < -0.3 is 10.1 Å². The standard InChI is InChI=1S/C16H20F2N2O2/c1-22-16(21)11-4-2-10(3-5-11)13-9-20-12(8-19-13)6-7-14(20)15(17)18/h2-5,12-15,19H,6-9H2,1H3. The molecule has 2 fully saturated rings. The second kappa shape index (κ2) is 6.30. The highest BCUT2D eigenvalue weighted by Gasteiger charge is 2.42. The minimum Gasteiger partial charge on any atom is -0.465 e. The second-order valence-corrected chi connectivity index (χ2v) is 5.90. The number of hydrogen-bond donors (Lipinski definition) is 1. The first-order valence-electron chi connectivity index (χ1n) is 7.55. The first-order chi connectivity index (χ1) is 10.6. The molecular formula is C16H20F2N2O2. The first-order valence-corrected chi connectivity index (χ1v) is 7.55. The summed E-state index contributed by atoms with van der Waals surface area (Å²) in [5.74, 6) is -0.375. The van der Waals surface area contributed by atoms with Crippen LogP contribution in [0.5, 0.6) is 0 Å². The lowest BCUT2D eigenvalue weighted by Gasteiger charge is -2.39. The number of fused-ring (bicyclic) bond motifs is 1. The third kappa shape index (κ3) is 2.85. The number of benzene rings is 1. The molecule has 3 atom stereocenters. The van der Waals surface area contributed by atoms with Gasteiger partial charge in [-0.15, -0.1) is 0 Å². The van der Waals surface area contributed by atoms with Crippen LogP contribution in [0.2, 0.25) is 0 Å². The van der Waals surface area contributed by atoms with Gasteiger partial charge in [-0.2, -0.15) is 0 Å². The van der Waals surface area contributed by atoms with Gasteiger partial charge in [-0.05, 0) is 30.5 Å². The van der Waals surface area contributed by atoms with Gasteiger partial charge in [-0.1, -0.05) is 12.1 Å². The molecule has 1 aromatic rings. The van der Waals surface area contributed by atoms with Gasteiger partial charge in [0.1, 0.15) is 0 Å². The van der Waals surface area contributed by atoms with Crippen LogP contribution in [0.3, 0.4) is 0 Å². The minimum absolute atomic E-state index is 0.0160. The van der Waals surface area contributed by atoms with Crippen molar-refractivity contribution in [2.75, 3.05) is 20.2 Å². The van der Waals surface area contributed by atoms with Crippen molar-refractivity contribution in [2.45, 2.75) is 37.4 Å². The summed E-state index contributed by atoms with van der Waals surface area (Å²) in [5, 5.41) is 3.43. The number of carbonyl (C=O) groups is 1. The number of rotatable bonds is 3. The van der Waals surface area contributed by atoms with Gasteiger partial charge >= 0.3 is 5.97 Å². The van der Waals surface area contributed by atoms with E-state index in [1.807, 2.05) is 17.0 Å². The number of piperazine rings is 1. The molecule has 2 aliphatic rings. The number of nitrogens with one attached hydrogen (secondary N) is 1. The molecule has 0 spiro atoms. The molecule has 2 saturated heterocycles. The number of alkyl halides is 2. The number of hydrogen-bond acceptors (Lipinski definition) is 4. The summed E-state index contributed by atoms with van der Waals surface area (Å²) < 4.78 is 30.9. The number of nitrogens with zero attached hydrogens (tertiary/aromatic N) is 1. The molecule has 2 aliphatic heterocycles. The molecule has 3 unspecified atom stereocenters. The molecule has 0 aromatic heterocycles. The van der Waals surface area contributed by atoms with Crippen molar-refractivity contribution in [1.29, 1.82) is 0 Å². The Hall–Kier alpha value is -1.53. The Labute approximate surface area is 128 Å². The molecule has 4 nitrogen and oxygen atoms in total. The van der Waals surface area contributed by atoms with E-state index in [2.05, 4.69) is 10.1 Å². The van der Waals surface area contributed by atoms with E-state index in [1.54, 1.807) is 12.1 Å². The molecule has 120 valence electrons. The van der Waals surface area contributed by atoms with Crippen LogP contribution in [0.1, 0.15) is 34.8 Å². The van der Waals surface area contributed by atoms with Gasteiger partial charge in [0.15, 0.2) is 0 Å². The van der Waals surface area contributed by atoms with Crippen molar-refractivity contribution in [3.63, 3.8) is 0 Å². The maximum absolute atomic E-state index is 13.1. The average molecular weight is 310 g/mol. The van der Waals surface area contributed by atoms with E-state index in [1.165, 1.54) is 7.11 Å². The fourth-order valence-corrected chi connectivity index (χ4v) is 3.49. The normalized spacial score (nSPS) is 28.6. The van der Waals surface area contributed by atoms with Gasteiger partial charge in [0, 0.05) is 25.2 Å². The van der Waals surface area contributed by atoms with E-state index in [0.717, 1.165) is 18.5 Å². The molecule has 6 heteroatoms. The predicted octanol–water partition coefficient (Wildman–Crippen LogP) is 2.22. The molecule has 0 radical (unpaired) electrons. The SMILES string of the molecule is COC(=O)c1ccc(C2CN3C(CCC3C(F)F)CN2)cc1. The second-order valence-electron chi connectivity index (χ2n) is 5.90. The smallest absolute Gasteiger partial charge is 0.337 e. The van der Waals surface area contributed by atoms with Crippen LogP contribution in [-0.4, -0.2) is 49.6 Å². The predicted molar refractivity (Wildman–Crippen MR) is 78.0 cm³/mol. The number of methoxy groups -OCH3 is 1. The maximum Gasteiger partial charge on any atom is 0.337 e. The van der Waals surface area contributed by atoms with E-state index in [-0.39, 0.29) is 18.1 Å². The Morgan fingerprint density at radius 3 is 2.68 bits per heavy atom. The minimum atomic E-state index is -2.29. The fraction of sp³-hybridized carbons (Fsp3) is 0.562. The summed E-state index contributed by atoms with van der Waals surface area (Å²) in [5.41, 5.74) is 1.50. The van der Waals surface area contributed by atoms with Gasteiger partial charge in [0.25, 0.3) is 6.43 Å². The lowest BCUT2D eigenvalue weighted by molar-refractivity contribution is 0.0173. The topological polar surface area (TPSA) is 41.6 Å². The molecule has 3 rings (SSSR count). The van der Waals surface area contributed by atoms with Crippen LogP contribution in [0, 0.1) is 0 Å². The number of carbonyl (C=O) groups excluding carboxylic acids is 1. The van der Waals surface area contributed by atoms with Gasteiger partial charge in [0.2, 0.25) is 0 Å². The molecule has 0 saturated carbocycles. The highest BCUT2D eigenvalue weighted by Crippen LogP contribution is 2.33. The molecule has 0 bridgehead atoms.